The molecule has 1 saturated heterocycles. The van der Waals surface area contributed by atoms with Gasteiger partial charge in [0.25, 0.3) is 0 Å². The van der Waals surface area contributed by atoms with E-state index in [0.29, 0.717) is 12.8 Å². The zero-order valence-corrected chi connectivity index (χ0v) is 12.7. The average Bonchev–Trinajstić information content (AvgIpc) is 2.54. The van der Waals surface area contributed by atoms with Crippen molar-refractivity contribution < 1.29 is 24.2 Å². The Balaban J connectivity index is 2.05. The molecule has 1 unspecified atom stereocenters. The van der Waals surface area contributed by atoms with Gasteiger partial charge in [0.15, 0.2) is 0 Å². The van der Waals surface area contributed by atoms with Gasteiger partial charge in [-0.05, 0) is 25.3 Å². The Kier molecular flexibility index (Phi) is 5.38. The molecule has 0 aliphatic carbocycles. The Hall–Kier alpha value is -2.08. The van der Waals surface area contributed by atoms with E-state index >= 15 is 0 Å². The monoisotopic (exact) mass is 307 g/mol. The Bertz CT molecular complexity index is 519. The lowest BCUT2D eigenvalue weighted by molar-refractivity contribution is -0.192. The van der Waals surface area contributed by atoms with Crippen molar-refractivity contribution in [1.82, 2.24) is 4.90 Å². The van der Waals surface area contributed by atoms with Crippen molar-refractivity contribution >= 4 is 12.1 Å². The van der Waals surface area contributed by atoms with Crippen LogP contribution in [0.2, 0.25) is 0 Å². The summed E-state index contributed by atoms with van der Waals surface area (Å²) in [7, 11) is 0. The van der Waals surface area contributed by atoms with Crippen LogP contribution in [0.5, 0.6) is 0 Å². The first-order valence-electron chi connectivity index (χ1n) is 7.46. The van der Waals surface area contributed by atoms with Gasteiger partial charge in [-0.2, -0.15) is 0 Å². The molecule has 6 heteroatoms. The first kappa shape index (κ1) is 16.3. The van der Waals surface area contributed by atoms with E-state index in [1.807, 2.05) is 30.3 Å². The van der Waals surface area contributed by atoms with E-state index in [1.54, 1.807) is 6.92 Å². The molecule has 6 nitrogen and oxygen atoms in total. The molecule has 0 radical (unpaired) electrons. The van der Waals surface area contributed by atoms with Crippen LogP contribution in [0, 0.1) is 0 Å². The van der Waals surface area contributed by atoms with E-state index in [1.165, 1.54) is 0 Å². The Morgan fingerprint density at radius 2 is 1.95 bits per heavy atom. The van der Waals surface area contributed by atoms with Gasteiger partial charge in [0.05, 0.1) is 6.61 Å². The minimum Gasteiger partial charge on any atom is -0.457 e. The van der Waals surface area contributed by atoms with Crippen molar-refractivity contribution in [2.75, 3.05) is 13.2 Å². The first-order valence-corrected chi connectivity index (χ1v) is 7.46. The molecule has 1 heterocycles. The summed E-state index contributed by atoms with van der Waals surface area (Å²) >= 11 is 0. The molecule has 0 aromatic heterocycles. The van der Waals surface area contributed by atoms with Crippen LogP contribution in [0.15, 0.2) is 30.3 Å². The topological polar surface area (TPSA) is 76.1 Å². The van der Waals surface area contributed by atoms with Crippen molar-refractivity contribution in [3.05, 3.63) is 35.9 Å². The summed E-state index contributed by atoms with van der Waals surface area (Å²) < 4.78 is 10.1. The van der Waals surface area contributed by atoms with E-state index in [0.717, 1.165) is 10.5 Å². The highest BCUT2D eigenvalue weighted by atomic mass is 16.6. The number of carbonyl (C=O) groups excluding carboxylic acids is 2. The van der Waals surface area contributed by atoms with E-state index in [4.69, 9.17) is 9.47 Å². The normalized spacial score (nSPS) is 21.3. The zero-order valence-electron chi connectivity index (χ0n) is 12.7. The minimum absolute atomic E-state index is 0.0542. The lowest BCUT2D eigenvalue weighted by Crippen LogP contribution is -2.60. The Morgan fingerprint density at radius 3 is 2.64 bits per heavy atom. The van der Waals surface area contributed by atoms with E-state index in [9.17, 15) is 14.7 Å². The number of amides is 1. The largest absolute Gasteiger partial charge is 0.457 e. The Morgan fingerprint density at radius 1 is 1.23 bits per heavy atom. The number of esters is 1. The number of rotatable bonds is 4. The Labute approximate surface area is 129 Å². The number of hydrogen-bond donors (Lipinski definition) is 1. The van der Waals surface area contributed by atoms with Crippen molar-refractivity contribution in [2.45, 2.75) is 38.5 Å². The standard InChI is InChI=1S/C16H21NO5/c1-2-21-15(19)17-11-7-6-10-16(17,20)14(18)22-12-13-8-4-3-5-9-13/h3-5,8-9,20H,2,6-7,10-12H2,1H3. The van der Waals surface area contributed by atoms with Crippen LogP contribution in [0.4, 0.5) is 4.79 Å². The maximum Gasteiger partial charge on any atom is 0.412 e. The van der Waals surface area contributed by atoms with Gasteiger partial charge in [-0.15, -0.1) is 0 Å². The maximum atomic E-state index is 12.3. The lowest BCUT2D eigenvalue weighted by Gasteiger charge is -2.39. The highest BCUT2D eigenvalue weighted by Gasteiger charge is 2.48. The first-order chi connectivity index (χ1) is 10.6. The molecular weight excluding hydrogens is 286 g/mol. The van der Waals surface area contributed by atoms with Gasteiger partial charge in [-0.25, -0.2) is 9.59 Å². The fourth-order valence-corrected chi connectivity index (χ4v) is 2.46. The highest BCUT2D eigenvalue weighted by Crippen LogP contribution is 2.28. The summed E-state index contributed by atoms with van der Waals surface area (Å²) in [6.07, 6.45) is 0.820. The predicted molar refractivity (Wildman–Crippen MR) is 78.8 cm³/mol. The fraction of sp³-hybridized carbons (Fsp3) is 0.500. The number of piperidine rings is 1. The van der Waals surface area contributed by atoms with Crippen LogP contribution in [-0.2, 0) is 20.9 Å². The van der Waals surface area contributed by atoms with E-state index in [-0.39, 0.29) is 26.2 Å². The number of nitrogens with zero attached hydrogens (tertiary/aromatic N) is 1. The van der Waals surface area contributed by atoms with Gasteiger partial charge >= 0.3 is 12.1 Å². The molecule has 22 heavy (non-hydrogen) atoms. The average molecular weight is 307 g/mol. The SMILES string of the molecule is CCOC(=O)N1CCCCC1(O)C(=O)OCc1ccccc1. The number of hydrogen-bond acceptors (Lipinski definition) is 5. The molecular formula is C16H21NO5. The molecule has 2 rings (SSSR count). The van der Waals surface area contributed by atoms with Crippen LogP contribution < -0.4 is 0 Å². The van der Waals surface area contributed by atoms with Crippen LogP contribution >= 0.6 is 0 Å². The third-order valence-corrected chi connectivity index (χ3v) is 3.63. The summed E-state index contributed by atoms with van der Waals surface area (Å²) in [5, 5.41) is 10.6. The molecule has 0 saturated carbocycles. The second kappa shape index (κ2) is 7.26. The third-order valence-electron chi connectivity index (χ3n) is 3.63. The van der Waals surface area contributed by atoms with Crippen molar-refractivity contribution in [3.63, 3.8) is 0 Å². The molecule has 0 bridgehead atoms. The molecule has 120 valence electrons. The molecule has 1 aliphatic rings. The summed E-state index contributed by atoms with van der Waals surface area (Å²) in [6, 6.07) is 9.18. The van der Waals surface area contributed by atoms with Crippen LogP contribution in [-0.4, -0.2) is 40.9 Å². The molecule has 1 fully saturated rings. The van der Waals surface area contributed by atoms with E-state index in [2.05, 4.69) is 0 Å². The molecule has 1 amide bonds. The molecule has 0 spiro atoms. The number of ether oxygens (including phenoxy) is 2. The molecule has 1 atom stereocenters. The molecule has 1 aliphatic heterocycles. The van der Waals surface area contributed by atoms with Crippen LogP contribution in [0.25, 0.3) is 0 Å². The quantitative estimate of drug-likeness (QED) is 0.862. The van der Waals surface area contributed by atoms with Gasteiger partial charge in [-0.1, -0.05) is 30.3 Å². The molecule has 1 aromatic carbocycles. The predicted octanol–water partition coefficient (Wildman–Crippen LogP) is 2.06. The van der Waals surface area contributed by atoms with E-state index < -0.39 is 17.8 Å². The highest BCUT2D eigenvalue weighted by molar-refractivity contribution is 5.84. The summed E-state index contributed by atoms with van der Waals surface area (Å²) in [5.41, 5.74) is -1.13. The number of benzene rings is 1. The van der Waals surface area contributed by atoms with Crippen molar-refractivity contribution in [1.29, 1.82) is 0 Å². The summed E-state index contributed by atoms with van der Waals surface area (Å²) in [4.78, 5) is 25.3. The minimum atomic E-state index is -1.95. The number of carbonyl (C=O) groups is 2. The molecule has 1 N–H and O–H groups in total. The van der Waals surface area contributed by atoms with Gasteiger partial charge in [0, 0.05) is 13.0 Å². The van der Waals surface area contributed by atoms with Gasteiger partial charge in [-0.3, -0.25) is 4.90 Å². The van der Waals surface area contributed by atoms with Crippen molar-refractivity contribution in [3.8, 4) is 0 Å². The summed E-state index contributed by atoms with van der Waals surface area (Å²) in [6.45, 7) is 2.19. The second-order valence-electron chi connectivity index (χ2n) is 5.19. The molecule has 1 aromatic rings. The van der Waals surface area contributed by atoms with Crippen molar-refractivity contribution in [2.24, 2.45) is 0 Å². The van der Waals surface area contributed by atoms with Crippen LogP contribution in [0.3, 0.4) is 0 Å². The third kappa shape index (κ3) is 3.57. The second-order valence-corrected chi connectivity index (χ2v) is 5.19. The van der Waals surface area contributed by atoms with Gasteiger partial charge < -0.3 is 14.6 Å². The fourth-order valence-electron chi connectivity index (χ4n) is 2.46. The lowest BCUT2D eigenvalue weighted by atomic mass is 9.99. The number of aliphatic hydroxyl groups is 1. The van der Waals surface area contributed by atoms with Crippen LogP contribution in [0.1, 0.15) is 31.7 Å². The smallest absolute Gasteiger partial charge is 0.412 e. The van der Waals surface area contributed by atoms with Gasteiger partial charge in [0.1, 0.15) is 6.61 Å². The summed E-state index contributed by atoms with van der Waals surface area (Å²) in [5.74, 6) is -0.816. The van der Waals surface area contributed by atoms with Gasteiger partial charge in [0.2, 0.25) is 5.72 Å². The number of likely N-dealkylation sites (tertiary alicyclic amines) is 1. The maximum absolute atomic E-state index is 12.3. The zero-order chi connectivity index (χ0) is 16.0.